The van der Waals surface area contributed by atoms with Crippen molar-refractivity contribution in [2.45, 2.75) is 32.6 Å². The van der Waals surface area contributed by atoms with E-state index < -0.39 is 0 Å². The number of nitrogens with zero attached hydrogens (tertiary/aromatic N) is 2. The highest BCUT2D eigenvalue weighted by atomic mass is 35.5. The van der Waals surface area contributed by atoms with Crippen molar-refractivity contribution in [3.8, 4) is 5.75 Å². The smallest absolute Gasteiger partial charge is 0.260 e. The largest absolute Gasteiger partial charge is 0.482 e. The van der Waals surface area contributed by atoms with Gasteiger partial charge in [-0.1, -0.05) is 36.5 Å². The summed E-state index contributed by atoms with van der Waals surface area (Å²) in [5, 5.41) is 0.896. The number of carbonyl (C=O) groups is 2. The maximum atomic E-state index is 12.4. The minimum absolute atomic E-state index is 0.0782. The molecule has 0 radical (unpaired) electrons. The number of hydrogen-bond acceptors (Lipinski definition) is 3. The lowest BCUT2D eigenvalue weighted by Crippen LogP contribution is -2.39. The van der Waals surface area contributed by atoms with Crippen molar-refractivity contribution in [3.63, 3.8) is 0 Å². The van der Waals surface area contributed by atoms with Crippen LogP contribution in [0.2, 0.25) is 10.0 Å². The first kappa shape index (κ1) is 19.9. The van der Waals surface area contributed by atoms with Gasteiger partial charge in [0.2, 0.25) is 5.91 Å². The molecule has 1 aromatic rings. The molecule has 1 saturated heterocycles. The number of halogens is 2. The van der Waals surface area contributed by atoms with Gasteiger partial charge < -0.3 is 14.5 Å². The number of unbranched alkanes of at least 4 members (excludes halogenated alkanes) is 1. The quantitative estimate of drug-likeness (QED) is 0.749. The van der Waals surface area contributed by atoms with Crippen LogP contribution in [0.4, 0.5) is 0 Å². The van der Waals surface area contributed by atoms with Crippen molar-refractivity contribution in [1.82, 2.24) is 9.80 Å². The van der Waals surface area contributed by atoms with Crippen LogP contribution in [-0.2, 0) is 9.59 Å². The first-order valence-corrected chi connectivity index (χ1v) is 9.40. The van der Waals surface area contributed by atoms with E-state index in [9.17, 15) is 9.59 Å². The summed E-state index contributed by atoms with van der Waals surface area (Å²) < 4.78 is 5.51. The zero-order valence-corrected chi connectivity index (χ0v) is 16.0. The summed E-state index contributed by atoms with van der Waals surface area (Å²) in [6.07, 6.45) is 3.29. The van der Waals surface area contributed by atoms with E-state index in [0.29, 0.717) is 48.4 Å². The van der Waals surface area contributed by atoms with E-state index in [0.717, 1.165) is 19.3 Å². The van der Waals surface area contributed by atoms with E-state index >= 15 is 0 Å². The van der Waals surface area contributed by atoms with Gasteiger partial charge >= 0.3 is 0 Å². The Morgan fingerprint density at radius 1 is 1.08 bits per heavy atom. The molecule has 0 saturated carbocycles. The first-order chi connectivity index (χ1) is 12.0. The van der Waals surface area contributed by atoms with Crippen LogP contribution in [0.25, 0.3) is 0 Å². The van der Waals surface area contributed by atoms with Gasteiger partial charge in [-0.15, -0.1) is 0 Å². The second-order valence-electron chi connectivity index (χ2n) is 6.08. The summed E-state index contributed by atoms with van der Waals surface area (Å²) >= 11 is 11.9. The van der Waals surface area contributed by atoms with Crippen LogP contribution < -0.4 is 4.74 Å². The number of hydrogen-bond donors (Lipinski definition) is 0. The lowest BCUT2D eigenvalue weighted by atomic mass is 10.2. The topological polar surface area (TPSA) is 49.9 Å². The van der Waals surface area contributed by atoms with Crippen molar-refractivity contribution in [2.75, 3.05) is 32.8 Å². The molecule has 1 fully saturated rings. The Labute approximate surface area is 158 Å². The van der Waals surface area contributed by atoms with Crippen LogP contribution in [0.1, 0.15) is 32.6 Å². The first-order valence-electron chi connectivity index (χ1n) is 8.64. The minimum Gasteiger partial charge on any atom is -0.482 e. The Kier molecular flexibility index (Phi) is 7.85. The number of rotatable bonds is 6. The monoisotopic (exact) mass is 386 g/mol. The molecule has 0 aliphatic carbocycles. The Hall–Kier alpha value is -1.46. The van der Waals surface area contributed by atoms with Gasteiger partial charge in [-0.05, 0) is 31.0 Å². The standard InChI is InChI=1S/C18H24Cl2N2O3/c1-2-3-5-17(23)21-8-4-9-22(11-10-21)18(24)13-25-16-7-6-14(19)12-15(16)20/h6-7,12H,2-5,8-11,13H2,1H3. The molecule has 0 spiro atoms. The molecule has 2 rings (SSSR count). The van der Waals surface area contributed by atoms with Crippen molar-refractivity contribution < 1.29 is 14.3 Å². The number of amides is 2. The molecular weight excluding hydrogens is 363 g/mol. The minimum atomic E-state index is -0.103. The fourth-order valence-electron chi connectivity index (χ4n) is 2.73. The highest BCUT2D eigenvalue weighted by molar-refractivity contribution is 6.35. The van der Waals surface area contributed by atoms with Gasteiger partial charge in [0.25, 0.3) is 5.91 Å². The molecule has 0 unspecified atom stereocenters. The van der Waals surface area contributed by atoms with Crippen LogP contribution in [0.3, 0.4) is 0 Å². The van der Waals surface area contributed by atoms with Crippen molar-refractivity contribution >= 4 is 35.0 Å². The fraction of sp³-hybridized carbons (Fsp3) is 0.556. The Balaban J connectivity index is 1.83. The van der Waals surface area contributed by atoms with E-state index in [1.807, 2.05) is 4.90 Å². The molecule has 1 heterocycles. The molecule has 0 bridgehead atoms. The molecule has 138 valence electrons. The van der Waals surface area contributed by atoms with Crippen LogP contribution in [0.5, 0.6) is 5.75 Å². The van der Waals surface area contributed by atoms with E-state index in [1.54, 1.807) is 23.1 Å². The number of benzene rings is 1. The molecule has 1 aromatic carbocycles. The van der Waals surface area contributed by atoms with Gasteiger partial charge in [0, 0.05) is 37.6 Å². The van der Waals surface area contributed by atoms with Crippen LogP contribution in [0.15, 0.2) is 18.2 Å². The van der Waals surface area contributed by atoms with Gasteiger partial charge in [-0.25, -0.2) is 0 Å². The van der Waals surface area contributed by atoms with Crippen molar-refractivity contribution in [3.05, 3.63) is 28.2 Å². The molecule has 0 atom stereocenters. The molecule has 2 amide bonds. The van der Waals surface area contributed by atoms with Crippen molar-refractivity contribution in [1.29, 1.82) is 0 Å². The molecular formula is C18H24Cl2N2O3. The zero-order valence-electron chi connectivity index (χ0n) is 14.5. The van der Waals surface area contributed by atoms with Crippen LogP contribution in [-0.4, -0.2) is 54.4 Å². The maximum absolute atomic E-state index is 12.4. The number of ether oxygens (including phenoxy) is 1. The average molecular weight is 387 g/mol. The fourth-order valence-corrected chi connectivity index (χ4v) is 3.19. The zero-order chi connectivity index (χ0) is 18.2. The SMILES string of the molecule is CCCCC(=O)N1CCCN(C(=O)COc2ccc(Cl)cc2Cl)CC1. The van der Waals surface area contributed by atoms with E-state index in [-0.39, 0.29) is 18.4 Å². The summed E-state index contributed by atoms with van der Waals surface area (Å²) in [4.78, 5) is 28.1. The lowest BCUT2D eigenvalue weighted by Gasteiger charge is -2.22. The Morgan fingerprint density at radius 3 is 2.40 bits per heavy atom. The highest BCUT2D eigenvalue weighted by Crippen LogP contribution is 2.27. The summed E-state index contributed by atoms with van der Waals surface area (Å²) in [5.74, 6) is 0.514. The maximum Gasteiger partial charge on any atom is 0.260 e. The summed E-state index contributed by atoms with van der Waals surface area (Å²) in [7, 11) is 0. The van der Waals surface area contributed by atoms with Crippen LogP contribution >= 0.6 is 23.2 Å². The third-order valence-corrected chi connectivity index (χ3v) is 4.72. The third-order valence-electron chi connectivity index (χ3n) is 4.19. The molecule has 0 N–H and O–H groups in total. The molecule has 7 heteroatoms. The van der Waals surface area contributed by atoms with Crippen LogP contribution in [0, 0.1) is 0 Å². The lowest BCUT2D eigenvalue weighted by molar-refractivity contribution is -0.134. The van der Waals surface area contributed by atoms with Crippen molar-refractivity contribution in [2.24, 2.45) is 0 Å². The van der Waals surface area contributed by atoms with Gasteiger partial charge in [0.1, 0.15) is 5.75 Å². The van der Waals surface area contributed by atoms with Gasteiger partial charge in [0.15, 0.2) is 6.61 Å². The molecule has 5 nitrogen and oxygen atoms in total. The van der Waals surface area contributed by atoms with E-state index in [1.165, 1.54) is 0 Å². The summed E-state index contributed by atoms with van der Waals surface area (Å²) in [6.45, 7) is 4.45. The predicted molar refractivity (Wildman–Crippen MR) is 99.3 cm³/mol. The molecule has 0 aromatic heterocycles. The average Bonchev–Trinajstić information content (AvgIpc) is 2.85. The molecule has 25 heavy (non-hydrogen) atoms. The highest BCUT2D eigenvalue weighted by Gasteiger charge is 2.22. The van der Waals surface area contributed by atoms with Gasteiger partial charge in [0.05, 0.1) is 5.02 Å². The second-order valence-corrected chi connectivity index (χ2v) is 6.93. The normalized spacial score (nSPS) is 15.0. The Morgan fingerprint density at radius 2 is 1.76 bits per heavy atom. The molecule has 1 aliphatic heterocycles. The summed E-state index contributed by atoms with van der Waals surface area (Å²) in [5.41, 5.74) is 0. The molecule has 1 aliphatic rings. The Bertz CT molecular complexity index is 610. The predicted octanol–water partition coefficient (Wildman–Crippen LogP) is 3.62. The summed E-state index contributed by atoms with van der Waals surface area (Å²) in [6, 6.07) is 4.89. The van der Waals surface area contributed by atoms with E-state index in [4.69, 9.17) is 27.9 Å². The number of carbonyl (C=O) groups excluding carboxylic acids is 2. The third kappa shape index (κ3) is 6.08. The second kappa shape index (κ2) is 9.88. The van der Waals surface area contributed by atoms with Gasteiger partial charge in [-0.2, -0.15) is 0 Å². The van der Waals surface area contributed by atoms with Gasteiger partial charge in [-0.3, -0.25) is 9.59 Å². The van der Waals surface area contributed by atoms with E-state index in [2.05, 4.69) is 6.92 Å².